The summed E-state index contributed by atoms with van der Waals surface area (Å²) in [5.74, 6) is 0.905. The predicted octanol–water partition coefficient (Wildman–Crippen LogP) is 4.41. The molecule has 1 amide bonds. The molecule has 0 atom stereocenters. The van der Waals surface area contributed by atoms with Crippen LogP contribution in [0.3, 0.4) is 0 Å². The van der Waals surface area contributed by atoms with E-state index >= 15 is 0 Å². The number of Topliss-reactive ketones (excluding diaryl/α,β-unsaturated/α-hetero) is 1. The second kappa shape index (κ2) is 8.63. The zero-order valence-electron chi connectivity index (χ0n) is 14.0. The topological polar surface area (TPSA) is 37.4 Å². The molecule has 3 nitrogen and oxygen atoms in total. The van der Waals surface area contributed by atoms with Gasteiger partial charge in [-0.15, -0.1) is 0 Å². The zero-order valence-corrected chi connectivity index (χ0v) is 15.6. The van der Waals surface area contributed by atoms with Crippen LogP contribution >= 0.6 is 21.6 Å². The number of benzene rings is 1. The van der Waals surface area contributed by atoms with Crippen molar-refractivity contribution in [2.24, 2.45) is 5.41 Å². The van der Waals surface area contributed by atoms with E-state index in [0.717, 1.165) is 10.5 Å². The molecule has 22 heavy (non-hydrogen) atoms. The highest BCUT2D eigenvalue weighted by atomic mass is 33.1. The van der Waals surface area contributed by atoms with Gasteiger partial charge in [-0.1, -0.05) is 67.5 Å². The molecule has 0 unspecified atom stereocenters. The highest BCUT2D eigenvalue weighted by Crippen LogP contribution is 2.34. The van der Waals surface area contributed by atoms with Gasteiger partial charge in [-0.3, -0.25) is 9.59 Å². The molecule has 1 rings (SSSR count). The molecule has 122 valence electrons. The number of rotatable bonds is 7. The van der Waals surface area contributed by atoms with Gasteiger partial charge in [-0.25, -0.2) is 0 Å². The van der Waals surface area contributed by atoms with Crippen molar-refractivity contribution in [3.05, 3.63) is 29.8 Å². The van der Waals surface area contributed by atoms with Gasteiger partial charge in [0.2, 0.25) is 5.91 Å². The maximum absolute atomic E-state index is 12.3. The van der Waals surface area contributed by atoms with Gasteiger partial charge in [0.1, 0.15) is 5.78 Å². The van der Waals surface area contributed by atoms with E-state index in [-0.39, 0.29) is 17.1 Å². The smallest absolute Gasteiger partial charge is 0.227 e. The fourth-order valence-corrected chi connectivity index (χ4v) is 4.21. The Labute approximate surface area is 141 Å². The summed E-state index contributed by atoms with van der Waals surface area (Å²) in [6.45, 7) is 8.26. The highest BCUT2D eigenvalue weighted by molar-refractivity contribution is 8.76. The van der Waals surface area contributed by atoms with Gasteiger partial charge in [-0.05, 0) is 11.6 Å². The van der Waals surface area contributed by atoms with Crippen molar-refractivity contribution < 1.29 is 9.59 Å². The Hall–Kier alpha value is -0.940. The number of carbonyl (C=O) groups excluding carboxylic acids is 2. The van der Waals surface area contributed by atoms with Crippen LogP contribution in [0.1, 0.15) is 39.7 Å². The normalized spacial score (nSPS) is 11.3. The Morgan fingerprint density at radius 1 is 1.18 bits per heavy atom. The summed E-state index contributed by atoms with van der Waals surface area (Å²) >= 11 is 0. The number of amides is 1. The van der Waals surface area contributed by atoms with E-state index in [1.807, 2.05) is 59.0 Å². The summed E-state index contributed by atoms with van der Waals surface area (Å²) in [5, 5.41) is 0. The molecule has 0 fully saturated rings. The summed E-state index contributed by atoms with van der Waals surface area (Å²) in [7, 11) is 5.00. The van der Waals surface area contributed by atoms with Gasteiger partial charge in [0.25, 0.3) is 0 Å². The maximum Gasteiger partial charge on any atom is 0.227 e. The average Bonchev–Trinajstić information content (AvgIpc) is 2.46. The van der Waals surface area contributed by atoms with Crippen LogP contribution in [0.4, 0.5) is 0 Å². The van der Waals surface area contributed by atoms with E-state index < -0.39 is 0 Å². The first kappa shape index (κ1) is 19.1. The third-order valence-corrected chi connectivity index (χ3v) is 5.51. The monoisotopic (exact) mass is 339 g/mol. The molecule has 1 aromatic rings. The molecule has 0 aliphatic heterocycles. The lowest BCUT2D eigenvalue weighted by Gasteiger charge is -2.26. The molecule has 0 heterocycles. The van der Waals surface area contributed by atoms with Crippen molar-refractivity contribution in [1.29, 1.82) is 0 Å². The Morgan fingerprint density at radius 3 is 2.41 bits per heavy atom. The van der Waals surface area contributed by atoms with Crippen molar-refractivity contribution in [2.75, 3.05) is 12.8 Å². The average molecular weight is 340 g/mol. The van der Waals surface area contributed by atoms with E-state index in [1.54, 1.807) is 26.5 Å². The fourth-order valence-electron chi connectivity index (χ4n) is 1.88. The van der Waals surface area contributed by atoms with Crippen molar-refractivity contribution in [1.82, 2.24) is 4.90 Å². The predicted molar refractivity (Wildman–Crippen MR) is 96.0 cm³/mol. The summed E-state index contributed by atoms with van der Waals surface area (Å²) in [6, 6.07) is 8.05. The van der Waals surface area contributed by atoms with Gasteiger partial charge >= 0.3 is 0 Å². The van der Waals surface area contributed by atoms with Crippen LogP contribution in [0.25, 0.3) is 0 Å². The van der Waals surface area contributed by atoms with Crippen LogP contribution in [-0.4, -0.2) is 29.4 Å². The standard InChI is InChI=1S/C17H25NO2S2/c1-6-14(19)12-21-22-15-10-8-7-9-13(15)11-18(5)16(20)17(2,3)4/h7-10H,6,11-12H2,1-5H3. The SMILES string of the molecule is CCC(=O)CSSc1ccccc1CN(C)C(=O)C(C)(C)C. The van der Waals surface area contributed by atoms with Gasteiger partial charge < -0.3 is 4.90 Å². The van der Waals surface area contributed by atoms with Crippen LogP contribution in [0, 0.1) is 5.41 Å². The first-order chi connectivity index (χ1) is 10.3. The van der Waals surface area contributed by atoms with E-state index in [4.69, 9.17) is 0 Å². The second-order valence-corrected chi connectivity index (χ2v) is 8.59. The molecule has 0 saturated carbocycles. The maximum atomic E-state index is 12.3. The number of carbonyl (C=O) groups is 2. The minimum atomic E-state index is -0.376. The molecule has 0 radical (unpaired) electrons. The van der Waals surface area contributed by atoms with Crippen molar-refractivity contribution >= 4 is 33.3 Å². The molecular formula is C17H25NO2S2. The van der Waals surface area contributed by atoms with Crippen LogP contribution in [-0.2, 0) is 16.1 Å². The van der Waals surface area contributed by atoms with E-state index in [1.165, 1.54) is 0 Å². The van der Waals surface area contributed by atoms with Gasteiger partial charge in [0.15, 0.2) is 0 Å². The molecule has 0 N–H and O–H groups in total. The number of hydrogen-bond donors (Lipinski definition) is 0. The van der Waals surface area contributed by atoms with Crippen LogP contribution in [0.2, 0.25) is 0 Å². The first-order valence-corrected chi connectivity index (χ1v) is 9.72. The Kier molecular flexibility index (Phi) is 7.49. The Morgan fingerprint density at radius 2 is 1.82 bits per heavy atom. The number of nitrogens with zero attached hydrogens (tertiary/aromatic N) is 1. The summed E-state index contributed by atoms with van der Waals surface area (Å²) in [5.41, 5.74) is 0.739. The van der Waals surface area contributed by atoms with Crippen molar-refractivity contribution in [2.45, 2.75) is 45.6 Å². The second-order valence-electron chi connectivity index (χ2n) is 6.26. The van der Waals surface area contributed by atoms with E-state index in [2.05, 4.69) is 0 Å². The minimum Gasteiger partial charge on any atom is -0.341 e. The first-order valence-electron chi connectivity index (χ1n) is 7.40. The molecular weight excluding hydrogens is 314 g/mol. The molecule has 0 aliphatic rings. The van der Waals surface area contributed by atoms with E-state index in [9.17, 15) is 9.59 Å². The third-order valence-electron chi connectivity index (χ3n) is 3.13. The van der Waals surface area contributed by atoms with Crippen molar-refractivity contribution in [3.8, 4) is 0 Å². The van der Waals surface area contributed by atoms with Crippen LogP contribution < -0.4 is 0 Å². The molecule has 0 spiro atoms. The highest BCUT2D eigenvalue weighted by Gasteiger charge is 2.25. The van der Waals surface area contributed by atoms with Gasteiger partial charge in [0.05, 0.1) is 5.75 Å². The van der Waals surface area contributed by atoms with Crippen LogP contribution in [0.5, 0.6) is 0 Å². The number of ketones is 1. The van der Waals surface area contributed by atoms with Crippen molar-refractivity contribution in [3.63, 3.8) is 0 Å². The number of hydrogen-bond acceptors (Lipinski definition) is 4. The minimum absolute atomic E-state index is 0.126. The molecule has 0 saturated heterocycles. The Balaban J connectivity index is 2.71. The van der Waals surface area contributed by atoms with Gasteiger partial charge in [0, 0.05) is 30.3 Å². The van der Waals surface area contributed by atoms with E-state index in [0.29, 0.717) is 18.7 Å². The molecule has 0 aliphatic carbocycles. The Bertz CT molecular complexity index is 524. The van der Waals surface area contributed by atoms with Gasteiger partial charge in [-0.2, -0.15) is 0 Å². The molecule has 5 heteroatoms. The molecule has 1 aromatic carbocycles. The third kappa shape index (κ3) is 6.05. The summed E-state index contributed by atoms with van der Waals surface area (Å²) in [6.07, 6.45) is 0.581. The molecule has 0 bridgehead atoms. The lowest BCUT2D eigenvalue weighted by molar-refractivity contribution is -0.138. The van der Waals surface area contributed by atoms with Crippen LogP contribution in [0.15, 0.2) is 29.2 Å². The zero-order chi connectivity index (χ0) is 16.8. The lowest BCUT2D eigenvalue weighted by atomic mass is 9.95. The lowest BCUT2D eigenvalue weighted by Crippen LogP contribution is -2.36. The largest absolute Gasteiger partial charge is 0.341 e. The quantitative estimate of drug-likeness (QED) is 0.690. The fraction of sp³-hybridized carbons (Fsp3) is 0.529. The molecule has 0 aromatic heterocycles. The summed E-state index contributed by atoms with van der Waals surface area (Å²) in [4.78, 5) is 26.5. The summed E-state index contributed by atoms with van der Waals surface area (Å²) < 4.78 is 0.